The number of quaternary nitrogens is 1. The predicted molar refractivity (Wildman–Crippen MR) is 96.0 cm³/mol. The third-order valence-corrected chi connectivity index (χ3v) is 5.14. The first-order valence-electron chi connectivity index (χ1n) is 9.17. The summed E-state index contributed by atoms with van der Waals surface area (Å²) in [6, 6.07) is 0. The van der Waals surface area contributed by atoms with E-state index >= 15 is 0 Å². The second-order valence-electron chi connectivity index (χ2n) is 6.78. The number of hydrogen-bond acceptors (Lipinski definition) is 5. The smallest absolute Gasteiger partial charge is 0.102 e. The molecule has 0 bridgehead atoms. The highest BCUT2D eigenvalue weighted by molar-refractivity contribution is 7.85. The van der Waals surface area contributed by atoms with Crippen LogP contribution in [0.15, 0.2) is 0 Å². The van der Waals surface area contributed by atoms with Crippen molar-refractivity contribution in [2.24, 2.45) is 0 Å². The van der Waals surface area contributed by atoms with Gasteiger partial charge in [-0.15, -0.1) is 0 Å². The molecule has 1 unspecified atom stereocenters. The molecule has 0 aliphatic heterocycles. The molecule has 0 saturated heterocycles. The van der Waals surface area contributed by atoms with Crippen molar-refractivity contribution in [3.8, 4) is 0 Å². The molecular formula is C17H37NO5S. The molecule has 0 N–H and O–H groups in total. The fraction of sp³-hybridized carbons (Fsp3) is 1.00. The van der Waals surface area contributed by atoms with Crippen molar-refractivity contribution in [3.05, 3.63) is 0 Å². The van der Waals surface area contributed by atoms with E-state index in [1.165, 1.54) is 32.1 Å². The molecule has 0 fully saturated rings. The van der Waals surface area contributed by atoms with Crippen LogP contribution in [0.25, 0.3) is 0 Å². The van der Waals surface area contributed by atoms with E-state index in [0.29, 0.717) is 32.8 Å². The maximum Gasteiger partial charge on any atom is 0.102 e. The van der Waals surface area contributed by atoms with Gasteiger partial charge in [0, 0.05) is 19.3 Å². The van der Waals surface area contributed by atoms with Gasteiger partial charge < -0.3 is 18.5 Å². The van der Waals surface area contributed by atoms with Crippen molar-refractivity contribution in [2.45, 2.75) is 51.9 Å². The fourth-order valence-electron chi connectivity index (χ4n) is 2.76. The number of rotatable bonds is 17. The van der Waals surface area contributed by atoms with Crippen LogP contribution in [0.4, 0.5) is 0 Å². The average molecular weight is 368 g/mol. The first-order chi connectivity index (χ1) is 11.3. The van der Waals surface area contributed by atoms with E-state index in [1.54, 1.807) is 7.11 Å². The minimum Gasteiger partial charge on any atom is -0.748 e. The highest BCUT2D eigenvalue weighted by Gasteiger charge is 2.21. The van der Waals surface area contributed by atoms with Crippen molar-refractivity contribution < 1.29 is 26.9 Å². The van der Waals surface area contributed by atoms with Gasteiger partial charge in [-0.2, -0.15) is 0 Å². The Kier molecular flexibility index (Phi) is 13.9. The monoisotopic (exact) mass is 367 g/mol. The Bertz CT molecular complexity index is 388. The minimum atomic E-state index is -4.12. The Labute approximate surface area is 148 Å². The molecule has 0 aliphatic carbocycles. The first-order valence-corrected chi connectivity index (χ1v) is 10.7. The quantitative estimate of drug-likeness (QED) is 0.224. The summed E-state index contributed by atoms with van der Waals surface area (Å²) in [5.74, 6) is -0.276. The Morgan fingerprint density at radius 1 is 0.875 bits per heavy atom. The van der Waals surface area contributed by atoms with Gasteiger partial charge in [-0.1, -0.05) is 32.6 Å². The SMILES string of the molecule is CCCCCCCC[N+](C)(CCCS(=O)(=O)[O-])CCOCCOC. The van der Waals surface area contributed by atoms with Gasteiger partial charge in [0.2, 0.25) is 0 Å². The molecule has 146 valence electrons. The molecule has 0 aliphatic rings. The van der Waals surface area contributed by atoms with Crippen LogP contribution in [-0.4, -0.2) is 76.8 Å². The molecule has 24 heavy (non-hydrogen) atoms. The van der Waals surface area contributed by atoms with E-state index in [9.17, 15) is 13.0 Å². The highest BCUT2D eigenvalue weighted by atomic mass is 32.2. The molecule has 7 heteroatoms. The third kappa shape index (κ3) is 15.3. The van der Waals surface area contributed by atoms with E-state index in [1.807, 2.05) is 0 Å². The zero-order valence-electron chi connectivity index (χ0n) is 15.8. The molecule has 0 spiro atoms. The standard InChI is InChI=1S/C17H37NO5S/c1-4-5-6-7-8-9-11-18(2,12-10-17-24(19,20)21)13-14-23-16-15-22-3/h4-17H2,1-3H3. The molecule has 0 saturated carbocycles. The number of likely N-dealkylation sites (N-methyl/N-ethyl adjacent to an activating group) is 1. The number of ether oxygens (including phenoxy) is 2. The van der Waals surface area contributed by atoms with E-state index in [2.05, 4.69) is 14.0 Å². The second-order valence-corrected chi connectivity index (χ2v) is 8.30. The van der Waals surface area contributed by atoms with Crippen LogP contribution in [0, 0.1) is 0 Å². The highest BCUT2D eigenvalue weighted by Crippen LogP contribution is 2.11. The van der Waals surface area contributed by atoms with E-state index in [0.717, 1.165) is 24.0 Å². The maximum absolute atomic E-state index is 10.8. The molecular weight excluding hydrogens is 330 g/mol. The van der Waals surface area contributed by atoms with Gasteiger partial charge in [0.1, 0.15) is 6.54 Å². The van der Waals surface area contributed by atoms with Crippen molar-refractivity contribution in [1.82, 2.24) is 0 Å². The lowest BCUT2D eigenvalue weighted by atomic mass is 10.1. The maximum atomic E-state index is 10.8. The minimum absolute atomic E-state index is 0.276. The summed E-state index contributed by atoms with van der Waals surface area (Å²) in [6.07, 6.45) is 7.83. The summed E-state index contributed by atoms with van der Waals surface area (Å²) in [7, 11) is -0.350. The fourth-order valence-corrected chi connectivity index (χ4v) is 3.24. The number of hydrogen-bond donors (Lipinski definition) is 0. The summed E-state index contributed by atoms with van der Waals surface area (Å²) in [5, 5.41) is 0. The predicted octanol–water partition coefficient (Wildman–Crippen LogP) is 2.39. The van der Waals surface area contributed by atoms with Crippen LogP contribution < -0.4 is 0 Å². The Hall–Kier alpha value is -0.210. The van der Waals surface area contributed by atoms with E-state index < -0.39 is 10.1 Å². The van der Waals surface area contributed by atoms with Crippen LogP contribution >= 0.6 is 0 Å². The van der Waals surface area contributed by atoms with Gasteiger partial charge in [0.15, 0.2) is 0 Å². The van der Waals surface area contributed by atoms with E-state index in [-0.39, 0.29) is 5.75 Å². The van der Waals surface area contributed by atoms with Crippen molar-refractivity contribution in [1.29, 1.82) is 0 Å². The van der Waals surface area contributed by atoms with Crippen LogP contribution in [0.2, 0.25) is 0 Å². The average Bonchev–Trinajstić information content (AvgIpc) is 2.49. The summed E-state index contributed by atoms with van der Waals surface area (Å²) in [4.78, 5) is 0. The van der Waals surface area contributed by atoms with Crippen molar-refractivity contribution in [3.63, 3.8) is 0 Å². The summed E-state index contributed by atoms with van der Waals surface area (Å²) in [5.41, 5.74) is 0. The largest absolute Gasteiger partial charge is 0.748 e. The van der Waals surface area contributed by atoms with Gasteiger partial charge in [-0.3, -0.25) is 0 Å². The molecule has 0 rings (SSSR count). The zero-order valence-corrected chi connectivity index (χ0v) is 16.6. The summed E-state index contributed by atoms with van der Waals surface area (Å²) in [6.45, 7) is 6.51. The molecule has 0 heterocycles. The van der Waals surface area contributed by atoms with E-state index in [4.69, 9.17) is 9.47 Å². The molecule has 0 amide bonds. The zero-order chi connectivity index (χ0) is 18.3. The Morgan fingerprint density at radius 2 is 1.50 bits per heavy atom. The van der Waals surface area contributed by atoms with Gasteiger partial charge in [-0.05, 0) is 12.8 Å². The van der Waals surface area contributed by atoms with Crippen LogP contribution in [-0.2, 0) is 19.6 Å². The number of unbranched alkanes of at least 4 members (excludes halogenated alkanes) is 5. The molecule has 0 aromatic carbocycles. The van der Waals surface area contributed by atoms with Gasteiger partial charge >= 0.3 is 0 Å². The lowest BCUT2D eigenvalue weighted by molar-refractivity contribution is -0.910. The van der Waals surface area contributed by atoms with Crippen molar-refractivity contribution >= 4 is 10.1 Å². The van der Waals surface area contributed by atoms with Gasteiger partial charge in [-0.25, -0.2) is 8.42 Å². The second kappa shape index (κ2) is 14.0. The topological polar surface area (TPSA) is 75.7 Å². The molecule has 0 radical (unpaired) electrons. The Morgan fingerprint density at radius 3 is 2.12 bits per heavy atom. The van der Waals surface area contributed by atoms with Crippen molar-refractivity contribution in [2.75, 3.05) is 59.4 Å². The van der Waals surface area contributed by atoms with Gasteiger partial charge in [0.05, 0.1) is 50.1 Å². The molecule has 1 atom stereocenters. The van der Waals surface area contributed by atoms with Crippen LogP contribution in [0.3, 0.4) is 0 Å². The lowest BCUT2D eigenvalue weighted by Crippen LogP contribution is -2.48. The third-order valence-electron chi connectivity index (χ3n) is 4.35. The molecule has 6 nitrogen and oxygen atoms in total. The Balaban J connectivity index is 4.19. The molecule has 0 aromatic heterocycles. The summed E-state index contributed by atoms with van der Waals surface area (Å²) >= 11 is 0. The first kappa shape index (κ1) is 23.8. The summed E-state index contributed by atoms with van der Waals surface area (Å²) < 4.78 is 43.7. The van der Waals surface area contributed by atoms with Crippen LogP contribution in [0.5, 0.6) is 0 Å². The number of methoxy groups -OCH3 is 1. The lowest BCUT2D eigenvalue weighted by Gasteiger charge is -2.35. The number of nitrogens with zero attached hydrogens (tertiary/aromatic N) is 1. The van der Waals surface area contributed by atoms with Crippen LogP contribution in [0.1, 0.15) is 51.9 Å². The van der Waals surface area contributed by atoms with Gasteiger partial charge in [0.25, 0.3) is 0 Å². The molecule has 0 aromatic rings. The normalized spacial score (nSPS) is 14.7.